The number of aromatic nitrogens is 1. The molecule has 0 aliphatic carbocycles. The zero-order valence-electron chi connectivity index (χ0n) is 19.5. The summed E-state index contributed by atoms with van der Waals surface area (Å²) in [5.41, 5.74) is 1.30. The Kier molecular flexibility index (Phi) is 9.88. The minimum Gasteiger partial charge on any atom is -0.481 e. The fourth-order valence-corrected chi connectivity index (χ4v) is 4.18. The van der Waals surface area contributed by atoms with Crippen molar-refractivity contribution in [1.29, 1.82) is 0 Å². The second-order valence-electron chi connectivity index (χ2n) is 8.88. The number of para-hydroxylation sites is 1. The van der Waals surface area contributed by atoms with Gasteiger partial charge in [0.05, 0.1) is 24.2 Å². The van der Waals surface area contributed by atoms with Gasteiger partial charge in [-0.3, -0.25) is 4.79 Å². The second kappa shape index (κ2) is 12.9. The van der Waals surface area contributed by atoms with Crippen LogP contribution in [-0.2, 0) is 19.0 Å². The number of H-pyrrole nitrogens is 1. The van der Waals surface area contributed by atoms with E-state index in [0.717, 1.165) is 43.0 Å². The van der Waals surface area contributed by atoms with Crippen molar-refractivity contribution in [1.82, 2.24) is 4.98 Å². The van der Waals surface area contributed by atoms with Crippen molar-refractivity contribution in [3.63, 3.8) is 0 Å². The van der Waals surface area contributed by atoms with Crippen molar-refractivity contribution in [3.8, 4) is 0 Å². The van der Waals surface area contributed by atoms with Crippen molar-refractivity contribution < 1.29 is 39.1 Å². The summed E-state index contributed by atoms with van der Waals surface area (Å²) in [4.78, 5) is 26.3. The fraction of sp³-hybridized carbons (Fsp3) is 0.600. The predicted molar refractivity (Wildman–Crippen MR) is 124 cm³/mol. The number of aliphatic carboxylic acids is 1. The van der Waals surface area contributed by atoms with E-state index in [1.807, 2.05) is 24.3 Å². The van der Waals surface area contributed by atoms with E-state index in [4.69, 9.17) is 19.3 Å². The van der Waals surface area contributed by atoms with Crippen LogP contribution in [0.15, 0.2) is 30.5 Å². The summed E-state index contributed by atoms with van der Waals surface area (Å²) in [5, 5.41) is 29.4. The standard InChI is InChI=1S/C25H35NO8/c1-16-22(34-24(31)19-15-26-20-11-7-6-10-18(19)20)14-21(28)25(33-16)32-12-8-4-2-3-5-9-17(27)13-23(29)30/h6-7,10-11,15-17,21-22,25-28H,2-5,8-9,12-14H2,1H3,(H,29,30)/t16-,17+,21+,22+,25+/m0/s1. The molecule has 1 aliphatic heterocycles. The maximum atomic E-state index is 12.7. The van der Waals surface area contributed by atoms with Crippen molar-refractivity contribution in [2.45, 2.75) is 89.0 Å². The highest BCUT2D eigenvalue weighted by Crippen LogP contribution is 2.26. The first-order valence-corrected chi connectivity index (χ1v) is 12.0. The summed E-state index contributed by atoms with van der Waals surface area (Å²) in [5.74, 6) is -1.44. The Bertz CT molecular complexity index is 929. The molecule has 188 valence electrons. The molecule has 0 bridgehead atoms. The first-order chi connectivity index (χ1) is 16.3. The van der Waals surface area contributed by atoms with Crippen LogP contribution in [0.2, 0.25) is 0 Å². The van der Waals surface area contributed by atoms with E-state index in [2.05, 4.69) is 4.98 Å². The van der Waals surface area contributed by atoms with Crippen LogP contribution in [0.25, 0.3) is 10.9 Å². The van der Waals surface area contributed by atoms with Gasteiger partial charge in [0.25, 0.3) is 0 Å². The van der Waals surface area contributed by atoms with Gasteiger partial charge in [-0.2, -0.15) is 0 Å². The maximum Gasteiger partial charge on any atom is 0.340 e. The normalized spacial score (nSPS) is 23.6. The van der Waals surface area contributed by atoms with Gasteiger partial charge in [-0.25, -0.2) is 4.79 Å². The molecule has 2 aromatic rings. The predicted octanol–water partition coefficient (Wildman–Crippen LogP) is 3.38. The third-order valence-electron chi connectivity index (χ3n) is 6.10. The van der Waals surface area contributed by atoms with Crippen LogP contribution < -0.4 is 0 Å². The van der Waals surface area contributed by atoms with E-state index in [1.165, 1.54) is 0 Å². The van der Waals surface area contributed by atoms with Gasteiger partial charge < -0.3 is 34.5 Å². The minimum atomic E-state index is -0.982. The Balaban J connectivity index is 1.32. The van der Waals surface area contributed by atoms with Gasteiger partial charge in [0.1, 0.15) is 12.2 Å². The minimum absolute atomic E-state index is 0.209. The van der Waals surface area contributed by atoms with Crippen LogP contribution in [0.5, 0.6) is 0 Å². The number of carbonyl (C=O) groups excluding carboxylic acids is 1. The fourth-order valence-electron chi connectivity index (χ4n) is 4.18. The quantitative estimate of drug-likeness (QED) is 0.254. The third kappa shape index (κ3) is 7.53. The smallest absolute Gasteiger partial charge is 0.340 e. The molecule has 3 rings (SSSR count). The van der Waals surface area contributed by atoms with Crippen LogP contribution in [0.1, 0.15) is 68.6 Å². The summed E-state index contributed by atoms with van der Waals surface area (Å²) in [7, 11) is 0. The molecular weight excluding hydrogens is 442 g/mol. The molecule has 1 fully saturated rings. The van der Waals surface area contributed by atoms with Crippen molar-refractivity contribution in [2.75, 3.05) is 6.61 Å². The van der Waals surface area contributed by atoms with Crippen molar-refractivity contribution in [3.05, 3.63) is 36.0 Å². The van der Waals surface area contributed by atoms with Gasteiger partial charge in [-0.15, -0.1) is 0 Å². The molecular formula is C25H35NO8. The second-order valence-corrected chi connectivity index (χ2v) is 8.88. The van der Waals surface area contributed by atoms with E-state index < -0.39 is 42.6 Å². The van der Waals surface area contributed by atoms with Crippen LogP contribution in [0.4, 0.5) is 0 Å². The summed E-state index contributed by atoms with van der Waals surface area (Å²) < 4.78 is 17.1. The average molecular weight is 478 g/mol. The van der Waals surface area contributed by atoms with Gasteiger partial charge >= 0.3 is 11.9 Å². The number of ether oxygens (including phenoxy) is 3. The lowest BCUT2D eigenvalue weighted by Gasteiger charge is -2.37. The molecule has 0 saturated carbocycles. The van der Waals surface area contributed by atoms with E-state index >= 15 is 0 Å². The van der Waals surface area contributed by atoms with Crippen LogP contribution in [0.3, 0.4) is 0 Å². The van der Waals surface area contributed by atoms with Crippen LogP contribution >= 0.6 is 0 Å². The largest absolute Gasteiger partial charge is 0.481 e. The molecule has 34 heavy (non-hydrogen) atoms. The number of nitrogens with one attached hydrogen (secondary N) is 1. The van der Waals surface area contributed by atoms with Crippen LogP contribution in [0, 0.1) is 0 Å². The first kappa shape index (κ1) is 26.2. The molecule has 1 aromatic heterocycles. The molecule has 2 heterocycles. The highest BCUT2D eigenvalue weighted by Gasteiger charge is 2.38. The topological polar surface area (TPSA) is 138 Å². The number of benzene rings is 1. The third-order valence-corrected chi connectivity index (χ3v) is 6.10. The van der Waals surface area contributed by atoms with Gasteiger partial charge in [0.2, 0.25) is 0 Å². The van der Waals surface area contributed by atoms with Gasteiger partial charge in [0, 0.05) is 30.1 Å². The van der Waals surface area contributed by atoms with Gasteiger partial charge in [-0.05, 0) is 25.8 Å². The molecule has 1 aliphatic rings. The lowest BCUT2D eigenvalue weighted by Crippen LogP contribution is -2.48. The molecule has 0 radical (unpaired) electrons. The van der Waals surface area contributed by atoms with E-state index in [1.54, 1.807) is 13.1 Å². The zero-order chi connectivity index (χ0) is 24.5. The number of aliphatic hydroxyl groups is 2. The number of aromatic amines is 1. The van der Waals surface area contributed by atoms with Crippen LogP contribution in [-0.4, -0.2) is 69.6 Å². The molecule has 4 N–H and O–H groups in total. The molecule has 0 amide bonds. The first-order valence-electron chi connectivity index (χ1n) is 12.0. The molecule has 1 aromatic carbocycles. The SMILES string of the molecule is C[C@@H]1O[C@@H](OCCCCCCC[C@@H](O)CC(=O)O)[C@H](O)C[C@H]1OC(=O)c1c[nH]c2ccccc12. The van der Waals surface area contributed by atoms with Gasteiger partial charge in [-0.1, -0.05) is 43.9 Å². The number of unbranched alkanes of at least 4 members (excludes halogenated alkanes) is 4. The number of esters is 1. The Morgan fingerprint density at radius 2 is 1.91 bits per heavy atom. The molecule has 9 heteroatoms. The van der Waals surface area contributed by atoms with E-state index in [9.17, 15) is 19.8 Å². The number of hydrogen-bond acceptors (Lipinski definition) is 7. The number of carboxylic acids is 1. The number of aliphatic hydroxyl groups excluding tert-OH is 2. The molecule has 5 atom stereocenters. The monoisotopic (exact) mass is 477 g/mol. The van der Waals surface area contributed by atoms with E-state index in [-0.39, 0.29) is 12.8 Å². The molecule has 9 nitrogen and oxygen atoms in total. The Labute approximate surface area is 199 Å². The molecule has 0 unspecified atom stereocenters. The summed E-state index contributed by atoms with van der Waals surface area (Å²) in [6.07, 6.45) is 3.11. The Morgan fingerprint density at radius 3 is 2.71 bits per heavy atom. The number of rotatable bonds is 13. The van der Waals surface area contributed by atoms with Crippen molar-refractivity contribution in [2.24, 2.45) is 0 Å². The number of carboxylic acid groups (broad SMARTS) is 1. The molecule has 0 spiro atoms. The highest BCUT2D eigenvalue weighted by atomic mass is 16.7. The number of hydrogen-bond donors (Lipinski definition) is 4. The zero-order valence-corrected chi connectivity index (χ0v) is 19.5. The number of fused-ring (bicyclic) bond motifs is 1. The lowest BCUT2D eigenvalue weighted by atomic mass is 10.0. The highest BCUT2D eigenvalue weighted by molar-refractivity contribution is 6.04. The average Bonchev–Trinajstić information content (AvgIpc) is 3.22. The maximum absolute atomic E-state index is 12.7. The molecule has 1 saturated heterocycles. The summed E-state index contributed by atoms with van der Waals surface area (Å²) >= 11 is 0. The summed E-state index contributed by atoms with van der Waals surface area (Å²) in [6.45, 7) is 2.24. The summed E-state index contributed by atoms with van der Waals surface area (Å²) in [6, 6.07) is 7.48. The van der Waals surface area contributed by atoms with Gasteiger partial charge in [0.15, 0.2) is 6.29 Å². The Morgan fingerprint density at radius 1 is 1.18 bits per heavy atom. The van der Waals surface area contributed by atoms with Crippen molar-refractivity contribution >= 4 is 22.8 Å². The lowest BCUT2D eigenvalue weighted by molar-refractivity contribution is -0.260. The Hall–Kier alpha value is -2.46. The van der Waals surface area contributed by atoms with E-state index in [0.29, 0.717) is 18.6 Å². The number of carbonyl (C=O) groups is 2.